The molecule has 0 aliphatic heterocycles. The van der Waals surface area contributed by atoms with Gasteiger partial charge in [-0.05, 0) is 36.2 Å². The maximum atomic E-state index is 12.5. The van der Waals surface area contributed by atoms with Gasteiger partial charge in [-0.25, -0.2) is 8.42 Å². The molecule has 2 aromatic rings. The van der Waals surface area contributed by atoms with E-state index >= 15 is 0 Å². The summed E-state index contributed by atoms with van der Waals surface area (Å²) in [5, 5.41) is 9.35. The molecule has 1 atom stereocenters. The van der Waals surface area contributed by atoms with E-state index < -0.39 is 22.0 Å². The van der Waals surface area contributed by atoms with Gasteiger partial charge in [0.2, 0.25) is 10.0 Å². The Kier molecular flexibility index (Phi) is 7.14. The topological polar surface area (TPSA) is 102 Å². The van der Waals surface area contributed by atoms with Crippen LogP contribution in [0.4, 0.5) is 0 Å². The summed E-state index contributed by atoms with van der Waals surface area (Å²) in [6, 6.07) is 13.3. The van der Waals surface area contributed by atoms with Crippen LogP contribution >= 0.6 is 0 Å². The van der Waals surface area contributed by atoms with E-state index in [1.165, 1.54) is 24.3 Å². The smallest absolute Gasteiger partial charge is 0.322 e. The highest BCUT2D eigenvalue weighted by Gasteiger charge is 2.25. The predicted octanol–water partition coefficient (Wildman–Crippen LogP) is 1.69. The maximum absolute atomic E-state index is 12.5. The molecule has 140 valence electrons. The lowest BCUT2D eigenvalue weighted by Gasteiger charge is -2.15. The van der Waals surface area contributed by atoms with Crippen LogP contribution in [0, 0.1) is 0 Å². The molecule has 2 aromatic carbocycles. The van der Waals surface area contributed by atoms with Gasteiger partial charge < -0.3 is 14.6 Å². The molecule has 0 saturated heterocycles. The number of sulfonamides is 1. The zero-order chi connectivity index (χ0) is 19.0. The van der Waals surface area contributed by atoms with Crippen molar-refractivity contribution in [3.8, 4) is 5.75 Å². The lowest BCUT2D eigenvalue weighted by Crippen LogP contribution is -2.42. The largest absolute Gasteiger partial charge is 0.491 e. The fourth-order valence-corrected chi connectivity index (χ4v) is 3.43. The minimum atomic E-state index is -3.98. The van der Waals surface area contributed by atoms with Gasteiger partial charge in [0.05, 0.1) is 11.5 Å². The molecule has 2 N–H and O–H groups in total. The second-order valence-electron chi connectivity index (χ2n) is 5.51. The fraction of sp³-hybridized carbons (Fsp3) is 0.278. The molecule has 2 rings (SSSR count). The molecule has 0 heterocycles. The monoisotopic (exact) mass is 379 g/mol. The Hall–Kier alpha value is -2.42. The number of carbonyl (C=O) groups is 1. The van der Waals surface area contributed by atoms with Gasteiger partial charge in [0.1, 0.15) is 18.4 Å². The Labute approximate surface area is 152 Å². The van der Waals surface area contributed by atoms with Gasteiger partial charge in [0.15, 0.2) is 0 Å². The minimum Gasteiger partial charge on any atom is -0.491 e. The van der Waals surface area contributed by atoms with Gasteiger partial charge in [0.25, 0.3) is 0 Å². The van der Waals surface area contributed by atoms with Crippen molar-refractivity contribution in [2.24, 2.45) is 0 Å². The maximum Gasteiger partial charge on any atom is 0.322 e. The van der Waals surface area contributed by atoms with E-state index in [-0.39, 0.29) is 11.3 Å². The van der Waals surface area contributed by atoms with E-state index in [0.717, 1.165) is 5.56 Å². The van der Waals surface area contributed by atoms with Crippen molar-refractivity contribution in [3.63, 3.8) is 0 Å². The number of aliphatic carboxylic acids is 1. The van der Waals surface area contributed by atoms with Crippen LogP contribution in [0.2, 0.25) is 0 Å². The van der Waals surface area contributed by atoms with Gasteiger partial charge in [-0.15, -0.1) is 0 Å². The number of carboxylic acid groups (broad SMARTS) is 1. The predicted molar refractivity (Wildman–Crippen MR) is 95.7 cm³/mol. The van der Waals surface area contributed by atoms with E-state index in [1.54, 1.807) is 37.4 Å². The third-order valence-electron chi connectivity index (χ3n) is 3.57. The first-order valence-electron chi connectivity index (χ1n) is 7.93. The Bertz CT molecular complexity index is 805. The second-order valence-corrected chi connectivity index (χ2v) is 7.23. The molecule has 26 heavy (non-hydrogen) atoms. The molecule has 7 nitrogen and oxygen atoms in total. The van der Waals surface area contributed by atoms with Crippen molar-refractivity contribution in [1.82, 2.24) is 4.72 Å². The van der Waals surface area contributed by atoms with Crippen molar-refractivity contribution in [1.29, 1.82) is 0 Å². The van der Waals surface area contributed by atoms with Gasteiger partial charge in [0, 0.05) is 7.11 Å². The third-order valence-corrected chi connectivity index (χ3v) is 5.06. The molecule has 0 unspecified atom stereocenters. The van der Waals surface area contributed by atoms with Crippen molar-refractivity contribution >= 4 is 16.0 Å². The Morgan fingerprint density at radius 1 is 1.08 bits per heavy atom. The molecule has 0 radical (unpaired) electrons. The standard InChI is InChI=1S/C18H21NO6S/c1-24-11-12-25-15-7-9-16(10-8-15)26(22,23)19-17(18(20)21)13-14-5-3-2-4-6-14/h2-10,17,19H,11-13H2,1H3,(H,20,21)/t17-/m0/s1. The number of benzene rings is 2. The van der Waals surface area contributed by atoms with Gasteiger partial charge in [-0.3, -0.25) is 4.79 Å². The molecular formula is C18H21NO6S. The molecule has 0 saturated carbocycles. The first-order chi connectivity index (χ1) is 12.4. The average Bonchev–Trinajstić information content (AvgIpc) is 2.62. The number of ether oxygens (including phenoxy) is 2. The Morgan fingerprint density at radius 2 is 1.73 bits per heavy atom. The summed E-state index contributed by atoms with van der Waals surface area (Å²) in [4.78, 5) is 11.4. The molecule has 0 aliphatic carbocycles. The number of hydrogen-bond acceptors (Lipinski definition) is 5. The Balaban J connectivity index is 2.08. The minimum absolute atomic E-state index is 0.0316. The number of rotatable bonds is 10. The highest BCUT2D eigenvalue weighted by Crippen LogP contribution is 2.17. The van der Waals surface area contributed by atoms with Crippen LogP contribution in [-0.2, 0) is 26.0 Å². The lowest BCUT2D eigenvalue weighted by molar-refractivity contribution is -0.138. The summed E-state index contributed by atoms with van der Waals surface area (Å²) in [6.45, 7) is 0.764. The first-order valence-corrected chi connectivity index (χ1v) is 9.41. The third kappa shape index (κ3) is 5.83. The van der Waals surface area contributed by atoms with Crippen LogP contribution in [0.3, 0.4) is 0 Å². The highest BCUT2D eigenvalue weighted by atomic mass is 32.2. The highest BCUT2D eigenvalue weighted by molar-refractivity contribution is 7.89. The average molecular weight is 379 g/mol. The number of carboxylic acids is 1. The van der Waals surface area contributed by atoms with Crippen LogP contribution < -0.4 is 9.46 Å². The quantitative estimate of drug-likeness (QED) is 0.609. The summed E-state index contributed by atoms with van der Waals surface area (Å²) < 4.78 is 37.4. The van der Waals surface area contributed by atoms with Crippen LogP contribution in [-0.4, -0.2) is 45.9 Å². The fourth-order valence-electron chi connectivity index (χ4n) is 2.24. The zero-order valence-electron chi connectivity index (χ0n) is 14.3. The number of methoxy groups -OCH3 is 1. The molecule has 0 aliphatic rings. The van der Waals surface area contributed by atoms with Crippen LogP contribution in [0.5, 0.6) is 5.75 Å². The van der Waals surface area contributed by atoms with Crippen LogP contribution in [0.15, 0.2) is 59.5 Å². The van der Waals surface area contributed by atoms with E-state index in [1.807, 2.05) is 0 Å². The van der Waals surface area contributed by atoms with Gasteiger partial charge in [-0.1, -0.05) is 30.3 Å². The van der Waals surface area contributed by atoms with E-state index in [2.05, 4.69) is 4.72 Å². The Morgan fingerprint density at radius 3 is 2.31 bits per heavy atom. The van der Waals surface area contributed by atoms with Gasteiger partial charge >= 0.3 is 5.97 Å². The summed E-state index contributed by atoms with van der Waals surface area (Å²) in [7, 11) is -2.42. The lowest BCUT2D eigenvalue weighted by atomic mass is 10.1. The second kappa shape index (κ2) is 9.33. The van der Waals surface area contributed by atoms with Gasteiger partial charge in [-0.2, -0.15) is 4.72 Å². The molecule has 8 heteroatoms. The van der Waals surface area contributed by atoms with E-state index in [0.29, 0.717) is 19.0 Å². The van der Waals surface area contributed by atoms with E-state index in [9.17, 15) is 18.3 Å². The molecule has 0 spiro atoms. The zero-order valence-corrected chi connectivity index (χ0v) is 15.1. The molecule has 0 amide bonds. The normalized spacial score (nSPS) is 12.5. The van der Waals surface area contributed by atoms with Crippen molar-refractivity contribution in [2.75, 3.05) is 20.3 Å². The van der Waals surface area contributed by atoms with Crippen LogP contribution in [0.25, 0.3) is 0 Å². The summed E-state index contributed by atoms with van der Waals surface area (Å²) in [6.07, 6.45) is 0.0492. The number of nitrogens with one attached hydrogen (secondary N) is 1. The van der Waals surface area contributed by atoms with Crippen molar-refractivity contribution in [2.45, 2.75) is 17.4 Å². The molecular weight excluding hydrogens is 358 g/mol. The van der Waals surface area contributed by atoms with Crippen molar-refractivity contribution in [3.05, 3.63) is 60.2 Å². The summed E-state index contributed by atoms with van der Waals surface area (Å²) in [5.41, 5.74) is 0.726. The summed E-state index contributed by atoms with van der Waals surface area (Å²) >= 11 is 0. The summed E-state index contributed by atoms with van der Waals surface area (Å²) in [5.74, 6) is -0.739. The van der Waals surface area contributed by atoms with E-state index in [4.69, 9.17) is 9.47 Å². The molecule has 0 aromatic heterocycles. The van der Waals surface area contributed by atoms with Crippen LogP contribution in [0.1, 0.15) is 5.56 Å². The first kappa shape index (κ1) is 19.9. The van der Waals surface area contributed by atoms with Crippen molar-refractivity contribution < 1.29 is 27.8 Å². The molecule has 0 bridgehead atoms. The number of hydrogen-bond donors (Lipinski definition) is 2. The molecule has 0 fully saturated rings. The SMILES string of the molecule is COCCOc1ccc(S(=O)(=O)N[C@@H](Cc2ccccc2)C(=O)O)cc1.